The van der Waals surface area contributed by atoms with Crippen LogP contribution in [-0.4, -0.2) is 6.15 Å². The molecule has 4 rings (SSSR count). The second-order valence-electron chi connectivity index (χ2n) is 7.36. The molecule has 4 aromatic rings. The summed E-state index contributed by atoms with van der Waals surface area (Å²) in [4.78, 5) is 0. The zero-order valence-electron chi connectivity index (χ0n) is 17.0. The number of benzene rings is 4. The van der Waals surface area contributed by atoms with E-state index in [1.54, 1.807) is 36.4 Å². The fraction of sp³-hybridized carbons (Fsp3) is 0. The fourth-order valence-corrected chi connectivity index (χ4v) is 4.03. The van der Waals surface area contributed by atoms with Crippen LogP contribution in [0.25, 0.3) is 6.08 Å². The quantitative estimate of drug-likeness (QED) is 0.251. The van der Waals surface area contributed by atoms with E-state index >= 15 is 0 Å². The summed E-state index contributed by atoms with van der Waals surface area (Å²) in [6, 6.07) is 28.7. The molecule has 0 radical (unpaired) electrons. The lowest BCUT2D eigenvalue weighted by molar-refractivity contribution is 0.612. The molecule has 0 spiro atoms. The molecule has 1 nitrogen and oxygen atoms in total. The minimum Gasteiger partial charge on any atom is -0.231 e. The lowest BCUT2D eigenvalue weighted by Crippen LogP contribution is -2.66. The van der Waals surface area contributed by atoms with Crippen LogP contribution >= 0.6 is 0 Å². The Labute approximate surface area is 190 Å². The number of hydrogen-bond donors (Lipinski definition) is 0. The molecule has 0 saturated heterocycles. The monoisotopic (exact) mass is 448 g/mol. The summed E-state index contributed by atoms with van der Waals surface area (Å²) in [5.41, 5.74) is 3.54. The molecular weight excluding hydrogens is 428 g/mol. The number of hydrogen-bond acceptors (Lipinski definition) is 1. The molecule has 0 aromatic heterocycles. The van der Waals surface area contributed by atoms with Crippen molar-refractivity contribution in [3.63, 3.8) is 0 Å². The predicted octanol–water partition coefficient (Wildman–Crippen LogP) is 4.44. The minimum absolute atomic E-state index is 0.339. The lowest BCUT2D eigenvalue weighted by atomic mass is 9.15. The maximum absolute atomic E-state index is 13.7. The van der Waals surface area contributed by atoms with E-state index in [-0.39, 0.29) is 17.5 Å². The fourth-order valence-electron chi connectivity index (χ4n) is 4.03. The lowest BCUT2D eigenvalue weighted by Gasteiger charge is -2.40. The Bertz CT molecular complexity index is 1050. The molecule has 0 bridgehead atoms. The molecule has 0 aliphatic heterocycles. The third kappa shape index (κ3) is 5.03. The van der Waals surface area contributed by atoms with Gasteiger partial charge in [0.25, 0.3) is 0 Å². The van der Waals surface area contributed by atoms with Crippen LogP contribution in [0.3, 0.4) is 0 Å². The van der Waals surface area contributed by atoms with Crippen molar-refractivity contribution in [3.05, 3.63) is 132 Å². The van der Waals surface area contributed by atoms with Gasteiger partial charge in [-0.25, -0.2) is 19.1 Å². The van der Waals surface area contributed by atoms with E-state index in [1.807, 2.05) is 36.4 Å². The molecular formula is C26H20BF3OS. The topological polar surface area (TPSA) is 17.1 Å². The first-order valence-corrected chi connectivity index (χ1v) is 10.3. The Kier molecular flexibility index (Phi) is 7.74. The normalized spacial score (nSPS) is 11.1. The number of rotatable bonds is 5. The van der Waals surface area contributed by atoms with Crippen LogP contribution in [0.4, 0.5) is 13.2 Å². The summed E-state index contributed by atoms with van der Waals surface area (Å²) >= 11 is 2.28. The molecule has 0 aliphatic carbocycles. The standard InChI is InChI=1S/C26H19BF3.OS/c28-24-12-6-21(7-13-24)27(22-8-14-25(29)15-9-22,23-10-16-26(30)17-11-23)19-18-20-4-2-1-3-5-20;1-2/h1-19H;/q-1;/p+1. The second-order valence-corrected chi connectivity index (χ2v) is 7.36. The Balaban J connectivity index is 0.00000141. The highest BCUT2D eigenvalue weighted by atomic mass is 32.1. The molecule has 6 heteroatoms. The summed E-state index contributed by atoms with van der Waals surface area (Å²) < 4.78 is 49.1. The number of halogens is 3. The Morgan fingerprint density at radius 1 is 0.531 bits per heavy atom. The molecule has 32 heavy (non-hydrogen) atoms. The smallest absolute Gasteiger partial charge is 0.231 e. The van der Waals surface area contributed by atoms with Gasteiger partial charge >= 0.3 is 12.5 Å². The van der Waals surface area contributed by atoms with Gasteiger partial charge in [0.1, 0.15) is 23.6 Å². The predicted molar refractivity (Wildman–Crippen MR) is 129 cm³/mol. The van der Waals surface area contributed by atoms with Crippen LogP contribution in [0.1, 0.15) is 5.56 Å². The summed E-state index contributed by atoms with van der Waals surface area (Å²) in [7, 11) is 0. The van der Waals surface area contributed by atoms with Gasteiger partial charge in [0, 0.05) is 4.21 Å². The van der Waals surface area contributed by atoms with Gasteiger partial charge in [-0.3, -0.25) is 0 Å². The molecule has 0 unspecified atom stereocenters. The molecule has 0 saturated carbocycles. The van der Waals surface area contributed by atoms with Gasteiger partial charge in [0.2, 0.25) is 0 Å². The molecule has 0 fully saturated rings. The van der Waals surface area contributed by atoms with Crippen molar-refractivity contribution in [1.29, 1.82) is 0 Å². The number of thiol groups is 1. The summed E-state index contributed by atoms with van der Waals surface area (Å²) in [6.07, 6.45) is 0.232. The Morgan fingerprint density at radius 3 is 1.22 bits per heavy atom. The van der Waals surface area contributed by atoms with Crippen molar-refractivity contribution < 1.29 is 17.4 Å². The van der Waals surface area contributed by atoms with Gasteiger partial charge in [0.15, 0.2) is 0 Å². The molecule has 0 aliphatic rings. The van der Waals surface area contributed by atoms with E-state index in [4.69, 9.17) is 4.21 Å². The molecule has 160 valence electrons. The highest BCUT2D eigenvalue weighted by Crippen LogP contribution is 2.14. The van der Waals surface area contributed by atoms with Gasteiger partial charge in [-0.05, 0) is 42.0 Å². The minimum atomic E-state index is -1.76. The van der Waals surface area contributed by atoms with Gasteiger partial charge in [0.05, 0.1) is 0 Å². The highest BCUT2D eigenvalue weighted by molar-refractivity contribution is 7.44. The van der Waals surface area contributed by atoms with E-state index in [0.717, 1.165) is 22.0 Å². The van der Waals surface area contributed by atoms with Crippen LogP contribution < -0.4 is 16.4 Å². The summed E-state index contributed by atoms with van der Waals surface area (Å²) in [5, 5.41) is 0. The van der Waals surface area contributed by atoms with E-state index in [0.29, 0.717) is 0 Å². The van der Waals surface area contributed by atoms with Gasteiger partial charge in [-0.2, -0.15) is 16.4 Å². The molecule has 4 aromatic carbocycles. The average Bonchev–Trinajstić information content (AvgIpc) is 2.84. The van der Waals surface area contributed by atoms with Crippen molar-refractivity contribution in [3.8, 4) is 0 Å². The first kappa shape index (κ1) is 23.2. The van der Waals surface area contributed by atoms with Gasteiger partial charge < -0.3 is 0 Å². The SMILES string of the molecule is Fc1ccc([B-](C=Cc2ccccc2)(c2ccc(F)cc2)c2ccc(F)cc2)cc1.O=[SH+]. The van der Waals surface area contributed by atoms with Crippen molar-refractivity contribution in [2.75, 3.05) is 0 Å². The van der Waals surface area contributed by atoms with Crippen LogP contribution in [0.2, 0.25) is 0 Å². The Hall–Kier alpha value is -3.51. The van der Waals surface area contributed by atoms with Crippen LogP contribution in [-0.2, 0) is 16.7 Å². The zero-order valence-corrected chi connectivity index (χ0v) is 17.9. The molecule has 0 atom stereocenters. The van der Waals surface area contributed by atoms with Crippen molar-refractivity contribution in [2.45, 2.75) is 0 Å². The Morgan fingerprint density at radius 2 is 0.875 bits per heavy atom. The largest absolute Gasteiger partial charge is 0.443 e. The van der Waals surface area contributed by atoms with Crippen LogP contribution in [0, 0.1) is 17.5 Å². The average molecular weight is 448 g/mol. The molecule has 0 N–H and O–H groups in total. The van der Waals surface area contributed by atoms with E-state index < -0.39 is 6.15 Å². The first-order valence-electron chi connectivity index (χ1n) is 9.95. The van der Waals surface area contributed by atoms with E-state index in [9.17, 15) is 13.2 Å². The van der Waals surface area contributed by atoms with Crippen molar-refractivity contribution >= 4 is 41.1 Å². The van der Waals surface area contributed by atoms with Crippen molar-refractivity contribution in [2.24, 2.45) is 0 Å². The molecule has 0 amide bonds. The third-order valence-corrected chi connectivity index (χ3v) is 5.56. The zero-order chi connectivity index (χ0) is 23.0. The maximum Gasteiger partial charge on any atom is 0.443 e. The van der Waals surface area contributed by atoms with Gasteiger partial charge in [-0.15, -0.1) is 0 Å². The third-order valence-electron chi connectivity index (χ3n) is 5.56. The molecule has 0 heterocycles. The highest BCUT2D eigenvalue weighted by Gasteiger charge is 2.27. The van der Waals surface area contributed by atoms with E-state index in [1.165, 1.54) is 36.4 Å². The van der Waals surface area contributed by atoms with E-state index in [2.05, 4.69) is 18.5 Å². The van der Waals surface area contributed by atoms with Gasteiger partial charge in [-0.1, -0.05) is 72.8 Å². The van der Waals surface area contributed by atoms with Crippen LogP contribution in [0.5, 0.6) is 0 Å². The second kappa shape index (κ2) is 10.7. The maximum atomic E-state index is 13.7. The van der Waals surface area contributed by atoms with Crippen molar-refractivity contribution in [1.82, 2.24) is 0 Å². The van der Waals surface area contributed by atoms with Crippen LogP contribution in [0.15, 0.2) is 109 Å². The summed E-state index contributed by atoms with van der Waals surface area (Å²) in [6.45, 7) is 0. The first-order chi connectivity index (χ1) is 15.6. The summed E-state index contributed by atoms with van der Waals surface area (Å²) in [5.74, 6) is 1.04.